The van der Waals surface area contributed by atoms with Crippen LogP contribution in [0.25, 0.3) is 0 Å². The molecule has 1 saturated heterocycles. The number of pyridine rings is 1. The van der Waals surface area contributed by atoms with Gasteiger partial charge >= 0.3 is 0 Å². The minimum atomic E-state index is -0.926. The van der Waals surface area contributed by atoms with Gasteiger partial charge in [-0.15, -0.1) is 0 Å². The number of ether oxygens (including phenoxy) is 2. The molecule has 5 heteroatoms. The molecule has 1 saturated carbocycles. The maximum Gasteiger partial charge on any atom is 0.292 e. The van der Waals surface area contributed by atoms with E-state index in [9.17, 15) is 0 Å². The topological polar surface area (TPSA) is 34.6 Å². The highest BCUT2D eigenvalue weighted by molar-refractivity contribution is 6.30. The second kappa shape index (κ2) is 5.53. The van der Waals surface area contributed by atoms with Gasteiger partial charge in [0.1, 0.15) is 5.69 Å². The van der Waals surface area contributed by atoms with Gasteiger partial charge in [-0.1, -0.05) is 24.6 Å². The number of aromatic nitrogens is 1. The van der Waals surface area contributed by atoms with E-state index in [4.69, 9.17) is 21.1 Å². The number of halogens is 1. The Morgan fingerprint density at radius 2 is 1.92 bits per heavy atom. The number of benzene rings is 1. The minimum Gasteiger partial charge on any atom is -0.443 e. The highest BCUT2D eigenvalue weighted by Crippen LogP contribution is 2.60. The summed E-state index contributed by atoms with van der Waals surface area (Å²) in [5, 5.41) is 0.602. The number of para-hydroxylation sites is 1. The van der Waals surface area contributed by atoms with Crippen LogP contribution in [0.1, 0.15) is 38.8 Å². The maximum absolute atomic E-state index is 6.32. The van der Waals surface area contributed by atoms with Gasteiger partial charge in [-0.3, -0.25) is 4.98 Å². The Labute approximate surface area is 159 Å². The molecule has 2 aromatic rings. The smallest absolute Gasteiger partial charge is 0.292 e. The van der Waals surface area contributed by atoms with E-state index in [1.165, 1.54) is 19.3 Å². The lowest BCUT2D eigenvalue weighted by Gasteiger charge is -2.35. The summed E-state index contributed by atoms with van der Waals surface area (Å²) in [5.74, 6) is 1.57. The highest BCUT2D eigenvalue weighted by atomic mass is 35.5. The van der Waals surface area contributed by atoms with Crippen molar-refractivity contribution in [1.82, 2.24) is 4.98 Å². The molecule has 1 spiro atoms. The molecule has 1 aliphatic carbocycles. The summed E-state index contributed by atoms with van der Waals surface area (Å²) in [6.45, 7) is 6.46. The summed E-state index contributed by atoms with van der Waals surface area (Å²) >= 11 is 5.97. The quantitative estimate of drug-likeness (QED) is 0.744. The van der Waals surface area contributed by atoms with Crippen molar-refractivity contribution in [3.8, 4) is 11.5 Å². The zero-order valence-corrected chi connectivity index (χ0v) is 15.9. The average Bonchev–Trinajstić information content (AvgIpc) is 3.10. The van der Waals surface area contributed by atoms with Gasteiger partial charge in [-0.05, 0) is 54.9 Å². The summed E-state index contributed by atoms with van der Waals surface area (Å²) in [6, 6.07) is 9.81. The Kier molecular flexibility index (Phi) is 3.45. The third-order valence-electron chi connectivity index (χ3n) is 6.45. The average molecular weight is 371 g/mol. The van der Waals surface area contributed by atoms with Crippen LogP contribution in [-0.2, 0) is 5.79 Å². The van der Waals surface area contributed by atoms with Gasteiger partial charge < -0.3 is 14.4 Å². The van der Waals surface area contributed by atoms with Gasteiger partial charge in [-0.2, -0.15) is 0 Å². The van der Waals surface area contributed by atoms with E-state index in [1.54, 1.807) is 6.20 Å². The van der Waals surface area contributed by atoms with Crippen LogP contribution < -0.4 is 14.4 Å². The van der Waals surface area contributed by atoms with Crippen molar-refractivity contribution in [3.05, 3.63) is 47.2 Å². The Balaban J connectivity index is 1.41. The second-order valence-corrected chi connectivity index (χ2v) is 8.51. The molecule has 0 bridgehead atoms. The van der Waals surface area contributed by atoms with Gasteiger partial charge in [-0.25, -0.2) is 0 Å². The monoisotopic (exact) mass is 370 g/mol. The van der Waals surface area contributed by atoms with E-state index in [0.717, 1.165) is 36.2 Å². The standard InChI is InChI=1S/C21H23ClN2O2/c1-14-12-21(14)8-10-24(11-9-21)16-4-3-5-17-19(16)26-20(2,25-17)18-7-6-15(22)13-23-18/h3-7,13-14H,8-12H2,1-2H3. The molecular weight excluding hydrogens is 348 g/mol. The van der Waals surface area contributed by atoms with Crippen LogP contribution in [0.2, 0.25) is 5.02 Å². The van der Waals surface area contributed by atoms with Crippen LogP contribution in [0.3, 0.4) is 0 Å². The van der Waals surface area contributed by atoms with Gasteiger partial charge in [0.15, 0.2) is 11.5 Å². The first-order chi connectivity index (χ1) is 12.5. The minimum absolute atomic E-state index is 0.602. The number of hydrogen-bond acceptors (Lipinski definition) is 4. The second-order valence-electron chi connectivity index (χ2n) is 8.07. The van der Waals surface area contributed by atoms with Crippen LogP contribution >= 0.6 is 11.6 Å². The number of fused-ring (bicyclic) bond motifs is 1. The fourth-order valence-corrected chi connectivity index (χ4v) is 4.66. The molecule has 0 N–H and O–H groups in total. The van der Waals surface area contributed by atoms with Crippen molar-refractivity contribution in [1.29, 1.82) is 0 Å². The number of nitrogens with zero attached hydrogens (tertiary/aromatic N) is 2. The zero-order valence-electron chi connectivity index (χ0n) is 15.2. The van der Waals surface area contributed by atoms with E-state index in [1.807, 2.05) is 31.2 Å². The van der Waals surface area contributed by atoms with Crippen molar-refractivity contribution in [3.63, 3.8) is 0 Å². The lowest BCUT2D eigenvalue weighted by molar-refractivity contribution is -0.0716. The van der Waals surface area contributed by atoms with Crippen LogP contribution in [0.15, 0.2) is 36.5 Å². The Hall–Kier alpha value is -1.94. The van der Waals surface area contributed by atoms with E-state index in [2.05, 4.69) is 22.9 Å². The van der Waals surface area contributed by atoms with Crippen molar-refractivity contribution >= 4 is 17.3 Å². The highest BCUT2D eigenvalue weighted by Gasteiger charge is 2.52. The Morgan fingerprint density at radius 3 is 2.58 bits per heavy atom. The molecule has 2 aliphatic heterocycles. The number of rotatable bonds is 2. The molecule has 4 nitrogen and oxygen atoms in total. The molecule has 1 aromatic heterocycles. The van der Waals surface area contributed by atoms with Crippen molar-refractivity contribution in [2.45, 2.75) is 38.9 Å². The molecule has 1 aromatic carbocycles. The third-order valence-corrected chi connectivity index (χ3v) is 6.67. The first-order valence-electron chi connectivity index (χ1n) is 9.37. The fourth-order valence-electron chi connectivity index (χ4n) is 4.55. The van der Waals surface area contributed by atoms with Gasteiger partial charge in [0, 0.05) is 26.2 Å². The number of anilines is 1. The first kappa shape index (κ1) is 16.2. The van der Waals surface area contributed by atoms with E-state index in [0.29, 0.717) is 16.1 Å². The van der Waals surface area contributed by atoms with Gasteiger partial charge in [0.05, 0.1) is 10.7 Å². The van der Waals surface area contributed by atoms with Crippen LogP contribution in [0.4, 0.5) is 5.69 Å². The number of piperidine rings is 1. The molecular formula is C21H23ClN2O2. The summed E-state index contributed by atoms with van der Waals surface area (Å²) < 4.78 is 12.5. The molecule has 3 aliphatic rings. The predicted octanol–water partition coefficient (Wildman–Crippen LogP) is 5.01. The summed E-state index contributed by atoms with van der Waals surface area (Å²) in [4.78, 5) is 6.84. The van der Waals surface area contributed by atoms with Crippen LogP contribution in [0.5, 0.6) is 11.5 Å². The SMILES string of the molecule is CC1CC12CCN(c1cccc3c1OC(C)(c1ccc(Cl)cn1)O3)CC2. The molecule has 2 unspecified atom stereocenters. The van der Waals surface area contributed by atoms with Gasteiger partial charge in [0.25, 0.3) is 5.79 Å². The lowest BCUT2D eigenvalue weighted by atomic mass is 9.91. The summed E-state index contributed by atoms with van der Waals surface area (Å²) in [5.41, 5.74) is 2.46. The molecule has 136 valence electrons. The Bertz CT molecular complexity index is 846. The molecule has 5 rings (SSSR count). The van der Waals surface area contributed by atoms with Crippen molar-refractivity contribution < 1.29 is 9.47 Å². The van der Waals surface area contributed by atoms with E-state index >= 15 is 0 Å². The molecule has 2 fully saturated rings. The normalized spacial score (nSPS) is 28.4. The molecule has 3 heterocycles. The van der Waals surface area contributed by atoms with E-state index in [-0.39, 0.29) is 0 Å². The summed E-state index contributed by atoms with van der Waals surface area (Å²) in [7, 11) is 0. The third kappa shape index (κ3) is 2.46. The fraction of sp³-hybridized carbons (Fsp3) is 0.476. The van der Waals surface area contributed by atoms with Crippen molar-refractivity contribution in [2.75, 3.05) is 18.0 Å². The van der Waals surface area contributed by atoms with Crippen LogP contribution in [0, 0.1) is 11.3 Å². The molecule has 26 heavy (non-hydrogen) atoms. The largest absolute Gasteiger partial charge is 0.443 e. The maximum atomic E-state index is 6.32. The first-order valence-corrected chi connectivity index (χ1v) is 9.75. The molecule has 0 radical (unpaired) electrons. The van der Waals surface area contributed by atoms with E-state index < -0.39 is 5.79 Å². The van der Waals surface area contributed by atoms with Gasteiger partial charge in [0.2, 0.25) is 0 Å². The molecule has 0 amide bonds. The summed E-state index contributed by atoms with van der Waals surface area (Å²) in [6.07, 6.45) is 5.57. The predicted molar refractivity (Wildman–Crippen MR) is 102 cm³/mol. The Morgan fingerprint density at radius 1 is 1.15 bits per heavy atom. The molecule has 2 atom stereocenters. The zero-order chi connectivity index (χ0) is 17.9. The van der Waals surface area contributed by atoms with Crippen molar-refractivity contribution in [2.24, 2.45) is 11.3 Å². The van der Waals surface area contributed by atoms with Crippen LogP contribution in [-0.4, -0.2) is 18.1 Å². The number of hydrogen-bond donors (Lipinski definition) is 0. The lowest BCUT2D eigenvalue weighted by Crippen LogP contribution is -2.36.